The molecule has 0 bridgehead atoms. The van der Waals surface area contributed by atoms with Gasteiger partial charge in [0.25, 0.3) is 0 Å². The molecule has 0 saturated carbocycles. The lowest BCUT2D eigenvalue weighted by Crippen LogP contribution is -2.04. The first-order valence-corrected chi connectivity index (χ1v) is 12.1. The average Bonchev–Trinajstić information content (AvgIpc) is 2.38. The van der Waals surface area contributed by atoms with Crippen molar-refractivity contribution in [2.75, 3.05) is 23.5 Å². The second-order valence-electron chi connectivity index (χ2n) is 4.31. The van der Waals surface area contributed by atoms with Crippen molar-refractivity contribution >= 4 is 59.4 Å². The van der Waals surface area contributed by atoms with E-state index in [9.17, 15) is 0 Å². The third kappa shape index (κ3) is 13.1. The minimum Gasteiger partial charge on any atom is -0.151 e. The van der Waals surface area contributed by atoms with Crippen LogP contribution in [0.2, 0.25) is 0 Å². The molecule has 1 unspecified atom stereocenters. The molecule has 0 aliphatic heterocycles. The first-order valence-electron chi connectivity index (χ1n) is 7.01. The summed E-state index contributed by atoms with van der Waals surface area (Å²) in [5, 5.41) is 0.673. The summed E-state index contributed by atoms with van der Waals surface area (Å²) in [6.07, 6.45) is 6.15. The molecule has 0 amide bonds. The van der Waals surface area contributed by atoms with Crippen LogP contribution in [0, 0.1) is 0 Å². The minimum atomic E-state index is 0.673. The quantitative estimate of drug-likeness (QED) is 0.215. The molecule has 0 saturated heterocycles. The zero-order chi connectivity index (χ0) is 14.5. The fourth-order valence-electron chi connectivity index (χ4n) is 1.28. The molecule has 0 aromatic rings. The highest BCUT2D eigenvalue weighted by Crippen LogP contribution is 2.35. The lowest BCUT2D eigenvalue weighted by atomic mass is 10.4. The summed E-state index contributed by atoms with van der Waals surface area (Å²) in [6.45, 7) is 9.05. The van der Waals surface area contributed by atoms with Crippen LogP contribution >= 0.6 is 59.4 Å². The lowest BCUT2D eigenvalue weighted by molar-refractivity contribution is 0.877. The predicted molar refractivity (Wildman–Crippen MR) is 104 cm³/mol. The van der Waals surface area contributed by atoms with Gasteiger partial charge >= 0.3 is 0 Å². The number of nitrogens with zero attached hydrogens (tertiary/aromatic N) is 1. The van der Waals surface area contributed by atoms with Crippen molar-refractivity contribution in [3.05, 3.63) is 0 Å². The highest BCUT2D eigenvalue weighted by molar-refractivity contribution is 8.25. The van der Waals surface area contributed by atoms with Crippen LogP contribution in [-0.2, 0) is 0 Å². The predicted octanol–water partition coefficient (Wildman–Crippen LogP) is 6.27. The van der Waals surface area contributed by atoms with Crippen molar-refractivity contribution in [3.63, 3.8) is 0 Å². The molecule has 1 atom stereocenters. The molecule has 0 radical (unpaired) electrons. The molecule has 0 rings (SSSR count). The Morgan fingerprint density at radius 2 is 1.74 bits per heavy atom. The van der Waals surface area contributed by atoms with E-state index in [1.165, 1.54) is 36.5 Å². The van der Waals surface area contributed by atoms with E-state index in [0.717, 1.165) is 4.58 Å². The monoisotopic (exact) mass is 359 g/mol. The third-order valence-corrected chi connectivity index (χ3v) is 8.64. The number of thioether (sulfide) groups is 2. The van der Waals surface area contributed by atoms with Crippen LogP contribution in [0.3, 0.4) is 0 Å². The SMILES string of the molecule is CCCSN(SCCCC(SC)SCC)SC(C)C. The molecule has 6 heteroatoms. The van der Waals surface area contributed by atoms with Crippen LogP contribution in [0.25, 0.3) is 0 Å². The van der Waals surface area contributed by atoms with E-state index >= 15 is 0 Å². The fourth-order valence-corrected chi connectivity index (χ4v) is 7.17. The summed E-state index contributed by atoms with van der Waals surface area (Å²) < 4.78 is 3.22. The van der Waals surface area contributed by atoms with Gasteiger partial charge in [0.1, 0.15) is 0 Å². The Bertz CT molecular complexity index is 192. The van der Waals surface area contributed by atoms with Gasteiger partial charge in [0.05, 0.1) is 0 Å². The summed E-state index contributed by atoms with van der Waals surface area (Å²) in [7, 11) is 0. The molecule has 1 nitrogen and oxygen atoms in total. The molecule has 0 fully saturated rings. The molecule has 0 aromatic carbocycles. The summed E-state index contributed by atoms with van der Waals surface area (Å²) in [5.74, 6) is 3.71. The molecule has 116 valence electrons. The summed E-state index contributed by atoms with van der Waals surface area (Å²) in [5.41, 5.74) is 0. The van der Waals surface area contributed by atoms with E-state index in [-0.39, 0.29) is 0 Å². The van der Waals surface area contributed by atoms with Crippen molar-refractivity contribution in [2.24, 2.45) is 0 Å². The minimum absolute atomic E-state index is 0.673. The van der Waals surface area contributed by atoms with Crippen LogP contribution in [0.5, 0.6) is 0 Å². The Morgan fingerprint density at radius 3 is 2.26 bits per heavy atom. The van der Waals surface area contributed by atoms with E-state index < -0.39 is 0 Å². The second-order valence-corrected chi connectivity index (χ2v) is 11.4. The highest BCUT2D eigenvalue weighted by atomic mass is 32.3. The maximum atomic E-state index is 2.43. The Hall–Kier alpha value is 1.71. The molecule has 0 aliphatic carbocycles. The van der Waals surface area contributed by atoms with E-state index in [2.05, 4.69) is 48.8 Å². The molecular formula is C13H29NS5. The van der Waals surface area contributed by atoms with Gasteiger partial charge in [0, 0.05) is 21.3 Å². The first kappa shape index (κ1) is 20.7. The fraction of sp³-hybridized carbons (Fsp3) is 1.00. The average molecular weight is 360 g/mol. The maximum Gasteiger partial charge on any atom is 0.0499 e. The largest absolute Gasteiger partial charge is 0.151 e. The van der Waals surface area contributed by atoms with Crippen LogP contribution in [0.15, 0.2) is 0 Å². The smallest absolute Gasteiger partial charge is 0.0499 e. The van der Waals surface area contributed by atoms with E-state index in [1.54, 1.807) is 0 Å². The van der Waals surface area contributed by atoms with Crippen molar-refractivity contribution in [1.29, 1.82) is 0 Å². The molecule has 0 N–H and O–H groups in total. The van der Waals surface area contributed by atoms with Crippen molar-refractivity contribution in [1.82, 2.24) is 3.12 Å². The Labute approximate surface area is 142 Å². The molecule has 19 heavy (non-hydrogen) atoms. The van der Waals surface area contributed by atoms with E-state index in [4.69, 9.17) is 0 Å². The van der Waals surface area contributed by atoms with Crippen molar-refractivity contribution < 1.29 is 0 Å². The van der Waals surface area contributed by atoms with Gasteiger partial charge in [-0.1, -0.05) is 63.5 Å². The van der Waals surface area contributed by atoms with Gasteiger partial charge in [-0.3, -0.25) is 0 Å². The summed E-state index contributed by atoms with van der Waals surface area (Å²) in [6, 6.07) is 0. The maximum absolute atomic E-state index is 2.43. The molecule has 0 spiro atoms. The standard InChI is InChI=1S/C13H29NS5/c1-6-10-17-14(19-12(3)4)18-11-8-9-13(15-5)16-7-2/h12-13H,6-11H2,1-5H3. The van der Waals surface area contributed by atoms with Crippen LogP contribution < -0.4 is 0 Å². The van der Waals surface area contributed by atoms with Gasteiger partial charge in [-0.05, 0) is 31.3 Å². The van der Waals surface area contributed by atoms with Crippen LogP contribution in [-0.4, -0.2) is 36.5 Å². The normalized spacial score (nSPS) is 13.4. The topological polar surface area (TPSA) is 3.24 Å². The molecule has 0 heterocycles. The second kappa shape index (κ2) is 14.6. The number of hydrogen-bond donors (Lipinski definition) is 0. The van der Waals surface area contributed by atoms with Gasteiger partial charge in [0.2, 0.25) is 0 Å². The third-order valence-electron chi connectivity index (χ3n) is 2.09. The summed E-state index contributed by atoms with van der Waals surface area (Å²) >= 11 is 10.0. The molecule has 0 aromatic heterocycles. The van der Waals surface area contributed by atoms with E-state index in [1.807, 2.05) is 47.6 Å². The van der Waals surface area contributed by atoms with Gasteiger partial charge in [0.15, 0.2) is 0 Å². The number of rotatable bonds is 13. The zero-order valence-corrected chi connectivity index (χ0v) is 17.0. The van der Waals surface area contributed by atoms with Crippen LogP contribution in [0.4, 0.5) is 0 Å². The Balaban J connectivity index is 3.77. The molecular weight excluding hydrogens is 330 g/mol. The van der Waals surface area contributed by atoms with Crippen molar-refractivity contribution in [2.45, 2.75) is 56.8 Å². The Kier molecular flexibility index (Phi) is 16.0. The van der Waals surface area contributed by atoms with Gasteiger partial charge in [-0.15, -0.1) is 14.9 Å². The van der Waals surface area contributed by atoms with Crippen molar-refractivity contribution in [3.8, 4) is 0 Å². The zero-order valence-electron chi connectivity index (χ0n) is 12.9. The van der Waals surface area contributed by atoms with Gasteiger partial charge < -0.3 is 0 Å². The first-order chi connectivity index (χ1) is 9.13. The van der Waals surface area contributed by atoms with Gasteiger partial charge in [-0.2, -0.15) is 11.8 Å². The summed E-state index contributed by atoms with van der Waals surface area (Å²) in [4.78, 5) is 0. The Morgan fingerprint density at radius 1 is 1.05 bits per heavy atom. The van der Waals surface area contributed by atoms with Gasteiger partial charge in [-0.25, -0.2) is 0 Å². The highest BCUT2D eigenvalue weighted by Gasteiger charge is 2.11. The molecule has 0 aliphatic rings. The van der Waals surface area contributed by atoms with E-state index in [0.29, 0.717) is 5.25 Å². The number of hydrogen-bond acceptors (Lipinski definition) is 6. The lowest BCUT2D eigenvalue weighted by Gasteiger charge is -2.20. The van der Waals surface area contributed by atoms with Crippen LogP contribution in [0.1, 0.15) is 47.0 Å².